The molecule has 0 aromatic heterocycles. The first kappa shape index (κ1) is 16.0. The van der Waals surface area contributed by atoms with Crippen LogP contribution in [-0.2, 0) is 0 Å². The molecule has 0 aliphatic carbocycles. The van der Waals surface area contributed by atoms with E-state index in [1.807, 2.05) is 6.92 Å². The van der Waals surface area contributed by atoms with Crippen LogP contribution in [0, 0.1) is 0 Å². The maximum atomic E-state index is 12.3. The Bertz CT molecular complexity index is 713. The van der Waals surface area contributed by atoms with Crippen molar-refractivity contribution in [3.05, 3.63) is 58.6 Å². The Morgan fingerprint density at radius 2 is 1.91 bits per heavy atom. The molecule has 2 aromatic carbocycles. The van der Waals surface area contributed by atoms with Crippen molar-refractivity contribution in [1.29, 1.82) is 0 Å². The lowest BCUT2D eigenvalue weighted by molar-refractivity contribution is 0.101. The molecule has 0 aliphatic heterocycles. The minimum Gasteiger partial charge on any atom is -0.492 e. The molecule has 0 spiro atoms. The topological polar surface area (TPSA) is 55.4 Å². The first-order valence-corrected chi connectivity index (χ1v) is 7.24. The zero-order chi connectivity index (χ0) is 16.1. The van der Waals surface area contributed by atoms with Crippen molar-refractivity contribution in [2.24, 2.45) is 0 Å². The number of ether oxygens (including phenoxy) is 1. The predicted octanol–water partition coefficient (Wildman–Crippen LogP) is 4.19. The lowest BCUT2D eigenvalue weighted by Gasteiger charge is -2.13. The molecule has 114 valence electrons. The number of hydrogen-bond acceptors (Lipinski definition) is 3. The van der Waals surface area contributed by atoms with Crippen molar-refractivity contribution in [2.45, 2.75) is 13.8 Å². The standard InChI is InChI=1S/C17H16ClNO3/c1-3-22-16-9-8-12(11(2)20)10-15(16)19-17(21)13-6-4-5-7-14(13)18/h4-10H,3H2,1-2H3,(H,19,21). The van der Waals surface area contributed by atoms with Gasteiger partial charge >= 0.3 is 0 Å². The summed E-state index contributed by atoms with van der Waals surface area (Å²) in [5.41, 5.74) is 1.30. The second kappa shape index (κ2) is 7.09. The Morgan fingerprint density at radius 3 is 2.55 bits per heavy atom. The van der Waals surface area contributed by atoms with Gasteiger partial charge in [-0.15, -0.1) is 0 Å². The summed E-state index contributed by atoms with van der Waals surface area (Å²) >= 11 is 6.02. The van der Waals surface area contributed by atoms with Gasteiger partial charge in [0.25, 0.3) is 5.91 Å². The average molecular weight is 318 g/mol. The van der Waals surface area contributed by atoms with Crippen LogP contribution in [0.3, 0.4) is 0 Å². The molecule has 1 N–H and O–H groups in total. The first-order valence-electron chi connectivity index (χ1n) is 6.86. The molecule has 0 heterocycles. The van der Waals surface area contributed by atoms with Gasteiger partial charge in [-0.1, -0.05) is 23.7 Å². The van der Waals surface area contributed by atoms with E-state index in [1.165, 1.54) is 6.92 Å². The quantitative estimate of drug-likeness (QED) is 0.841. The molecule has 22 heavy (non-hydrogen) atoms. The molecular formula is C17H16ClNO3. The minimum absolute atomic E-state index is 0.0868. The first-order chi connectivity index (χ1) is 10.5. The van der Waals surface area contributed by atoms with Crippen LogP contribution in [0.1, 0.15) is 34.6 Å². The van der Waals surface area contributed by atoms with E-state index in [4.69, 9.17) is 16.3 Å². The Hall–Kier alpha value is -2.33. The molecule has 0 unspecified atom stereocenters. The molecule has 0 fully saturated rings. The van der Waals surface area contributed by atoms with Gasteiger partial charge in [0.2, 0.25) is 0 Å². The smallest absolute Gasteiger partial charge is 0.257 e. The minimum atomic E-state index is -0.354. The molecule has 2 rings (SSSR count). The van der Waals surface area contributed by atoms with Gasteiger partial charge in [-0.05, 0) is 44.2 Å². The number of carbonyl (C=O) groups excluding carboxylic acids is 2. The lowest BCUT2D eigenvalue weighted by Crippen LogP contribution is -2.14. The van der Waals surface area contributed by atoms with E-state index >= 15 is 0 Å². The van der Waals surface area contributed by atoms with Crippen LogP contribution in [0.5, 0.6) is 5.75 Å². The molecule has 0 atom stereocenters. The fourth-order valence-corrected chi connectivity index (χ4v) is 2.18. The Kier molecular flexibility index (Phi) is 5.17. The van der Waals surface area contributed by atoms with Gasteiger partial charge in [0.1, 0.15) is 5.75 Å². The van der Waals surface area contributed by atoms with E-state index in [2.05, 4.69) is 5.32 Å². The van der Waals surface area contributed by atoms with Crippen LogP contribution in [0.15, 0.2) is 42.5 Å². The third-order valence-corrected chi connectivity index (χ3v) is 3.38. The summed E-state index contributed by atoms with van der Waals surface area (Å²) < 4.78 is 5.48. The largest absolute Gasteiger partial charge is 0.492 e. The van der Waals surface area contributed by atoms with Gasteiger partial charge < -0.3 is 10.1 Å². The summed E-state index contributed by atoms with van der Waals surface area (Å²) in [5.74, 6) is 0.0662. The van der Waals surface area contributed by atoms with Crippen molar-refractivity contribution < 1.29 is 14.3 Å². The van der Waals surface area contributed by atoms with Crippen LogP contribution < -0.4 is 10.1 Å². The monoisotopic (exact) mass is 317 g/mol. The molecule has 0 radical (unpaired) electrons. The second-order valence-corrected chi connectivity index (χ2v) is 5.04. The lowest BCUT2D eigenvalue weighted by atomic mass is 10.1. The van der Waals surface area contributed by atoms with Crippen LogP contribution >= 0.6 is 11.6 Å². The number of benzene rings is 2. The van der Waals surface area contributed by atoms with E-state index in [0.717, 1.165) is 0 Å². The highest BCUT2D eigenvalue weighted by atomic mass is 35.5. The molecule has 2 aromatic rings. The van der Waals surface area contributed by atoms with Gasteiger partial charge in [-0.25, -0.2) is 0 Å². The summed E-state index contributed by atoms with van der Waals surface area (Å²) in [6.07, 6.45) is 0. The van der Waals surface area contributed by atoms with Gasteiger partial charge in [0.05, 0.1) is 22.9 Å². The maximum Gasteiger partial charge on any atom is 0.257 e. The fourth-order valence-electron chi connectivity index (χ4n) is 1.96. The SMILES string of the molecule is CCOc1ccc(C(C)=O)cc1NC(=O)c1ccccc1Cl. The summed E-state index contributed by atoms with van der Waals surface area (Å²) in [6, 6.07) is 11.7. The highest BCUT2D eigenvalue weighted by Crippen LogP contribution is 2.27. The van der Waals surface area contributed by atoms with Gasteiger partial charge in [0, 0.05) is 5.56 Å². The number of ketones is 1. The van der Waals surface area contributed by atoms with E-state index < -0.39 is 0 Å². The molecule has 5 heteroatoms. The third-order valence-electron chi connectivity index (χ3n) is 3.05. The number of amides is 1. The Labute approximate surface area is 134 Å². The second-order valence-electron chi connectivity index (χ2n) is 4.63. The van der Waals surface area contributed by atoms with Gasteiger partial charge in [-0.2, -0.15) is 0 Å². The molecule has 0 saturated carbocycles. The maximum absolute atomic E-state index is 12.3. The van der Waals surface area contributed by atoms with Gasteiger partial charge in [0.15, 0.2) is 5.78 Å². The van der Waals surface area contributed by atoms with E-state index in [9.17, 15) is 9.59 Å². The molecular weight excluding hydrogens is 302 g/mol. The zero-order valence-corrected chi connectivity index (χ0v) is 13.1. The number of hydrogen-bond donors (Lipinski definition) is 1. The van der Waals surface area contributed by atoms with Crippen LogP contribution in [0.25, 0.3) is 0 Å². The van der Waals surface area contributed by atoms with Crippen LogP contribution in [0.2, 0.25) is 5.02 Å². The number of halogens is 1. The Balaban J connectivity index is 2.34. The predicted molar refractivity (Wildman–Crippen MR) is 87.0 cm³/mol. The summed E-state index contributed by atoms with van der Waals surface area (Å²) in [4.78, 5) is 23.8. The van der Waals surface area contributed by atoms with Crippen molar-refractivity contribution >= 4 is 29.0 Å². The Morgan fingerprint density at radius 1 is 1.18 bits per heavy atom. The van der Waals surface area contributed by atoms with Crippen LogP contribution in [-0.4, -0.2) is 18.3 Å². The fraction of sp³-hybridized carbons (Fsp3) is 0.176. The number of carbonyl (C=O) groups is 2. The number of rotatable bonds is 5. The zero-order valence-electron chi connectivity index (χ0n) is 12.4. The third kappa shape index (κ3) is 3.65. The summed E-state index contributed by atoms with van der Waals surface area (Å²) in [7, 11) is 0. The summed E-state index contributed by atoms with van der Waals surface area (Å²) in [6.45, 7) is 3.77. The molecule has 0 saturated heterocycles. The van der Waals surface area contributed by atoms with E-state index in [-0.39, 0.29) is 11.7 Å². The van der Waals surface area contributed by atoms with Crippen molar-refractivity contribution in [3.63, 3.8) is 0 Å². The molecule has 0 bridgehead atoms. The normalized spacial score (nSPS) is 10.1. The molecule has 4 nitrogen and oxygen atoms in total. The highest BCUT2D eigenvalue weighted by Gasteiger charge is 2.14. The average Bonchev–Trinajstić information content (AvgIpc) is 2.49. The van der Waals surface area contributed by atoms with E-state index in [1.54, 1.807) is 42.5 Å². The van der Waals surface area contributed by atoms with Gasteiger partial charge in [-0.3, -0.25) is 9.59 Å². The van der Waals surface area contributed by atoms with Crippen molar-refractivity contribution in [1.82, 2.24) is 0 Å². The number of nitrogens with one attached hydrogen (secondary N) is 1. The number of Topliss-reactive ketones (excluding diaryl/α,β-unsaturated/α-hetero) is 1. The highest BCUT2D eigenvalue weighted by molar-refractivity contribution is 6.34. The molecule has 0 aliphatic rings. The van der Waals surface area contributed by atoms with Crippen LogP contribution in [0.4, 0.5) is 5.69 Å². The summed E-state index contributed by atoms with van der Waals surface area (Å²) in [5, 5.41) is 3.11. The number of anilines is 1. The van der Waals surface area contributed by atoms with E-state index in [0.29, 0.717) is 34.2 Å². The van der Waals surface area contributed by atoms with Crippen molar-refractivity contribution in [2.75, 3.05) is 11.9 Å². The van der Waals surface area contributed by atoms with Crippen molar-refractivity contribution in [3.8, 4) is 5.75 Å². The molecule has 1 amide bonds.